The fourth-order valence-corrected chi connectivity index (χ4v) is 2.02. The Morgan fingerprint density at radius 1 is 1.00 bits per heavy atom. The Labute approximate surface area is 175 Å². The number of amides is 1. The number of nitrogens with two attached hydrogens (primary N) is 1. The van der Waals surface area contributed by atoms with Gasteiger partial charge in [-0.15, -0.1) is 0 Å². The number of nitrogens with one attached hydrogen (secondary N) is 1. The van der Waals surface area contributed by atoms with E-state index in [1.54, 1.807) is 0 Å². The number of carbonyl (C=O) groups is 2. The Balaban J connectivity index is 0. The molecular formula is C23H36N2O4. The molecule has 0 aromatic heterocycles. The summed E-state index contributed by atoms with van der Waals surface area (Å²) in [7, 11) is 0. The summed E-state index contributed by atoms with van der Waals surface area (Å²) < 4.78 is 5.56. The van der Waals surface area contributed by atoms with E-state index in [0.29, 0.717) is 6.61 Å². The van der Waals surface area contributed by atoms with E-state index in [0.717, 1.165) is 30.4 Å². The summed E-state index contributed by atoms with van der Waals surface area (Å²) in [5.41, 5.74) is 8.55. The molecule has 6 nitrogen and oxygen atoms in total. The molecule has 0 bridgehead atoms. The van der Waals surface area contributed by atoms with Crippen molar-refractivity contribution in [3.8, 4) is 0 Å². The van der Waals surface area contributed by atoms with Gasteiger partial charge in [0.15, 0.2) is 0 Å². The third kappa shape index (κ3) is 19.9. The molecule has 0 spiro atoms. The number of anilines is 1. The maximum Gasteiger partial charge on any atom is 0.230 e. The van der Waals surface area contributed by atoms with Crippen LogP contribution in [0.3, 0.4) is 0 Å². The molecule has 0 radical (unpaired) electrons. The molecule has 0 aliphatic heterocycles. The van der Waals surface area contributed by atoms with Crippen LogP contribution in [0.2, 0.25) is 0 Å². The summed E-state index contributed by atoms with van der Waals surface area (Å²) in [4.78, 5) is 19.6. The number of hydrogen-bond acceptors (Lipinski definition) is 5. The van der Waals surface area contributed by atoms with E-state index in [2.05, 4.69) is 6.92 Å². The number of carbonyl (C=O) groups excluding carboxylic acids is 2. The topological polar surface area (TPSA) is 102 Å². The zero-order valence-electron chi connectivity index (χ0n) is 17.8. The van der Waals surface area contributed by atoms with Gasteiger partial charge in [0.1, 0.15) is 12.4 Å². The Morgan fingerprint density at radius 3 is 1.90 bits per heavy atom. The number of rotatable bonds is 9. The van der Waals surface area contributed by atoms with E-state index in [-0.39, 0.29) is 12.5 Å². The van der Waals surface area contributed by atoms with Gasteiger partial charge in [0.25, 0.3) is 0 Å². The van der Waals surface area contributed by atoms with Crippen LogP contribution in [0, 0.1) is 0 Å². The number of aldehydes is 1. The lowest BCUT2D eigenvalue weighted by atomic mass is 10.1. The highest BCUT2D eigenvalue weighted by molar-refractivity contribution is 5.55. The number of unbranched alkanes of at least 4 members (excludes halogenated alkanes) is 2. The zero-order chi connectivity index (χ0) is 22.2. The van der Waals surface area contributed by atoms with Crippen LogP contribution in [0.25, 0.3) is 0 Å². The standard InChI is InChI=1S/C14H20O2.C6H7N.C2H6.CH3NO2/c1-2-3-5-10-14(11-15)16-12-13-8-6-4-7-9-13;7-6-4-2-1-3-5-6;1-2;3-1-2-4/h4,6-9,11,14H,2-3,5,10,12H2,1H3;1-5H,7H2;1-2H3;1,4H,(H,2,3). The van der Waals surface area contributed by atoms with Gasteiger partial charge in [0, 0.05) is 5.69 Å². The first kappa shape index (κ1) is 28.5. The van der Waals surface area contributed by atoms with E-state index >= 15 is 0 Å². The monoisotopic (exact) mass is 404 g/mol. The summed E-state index contributed by atoms with van der Waals surface area (Å²) in [5.74, 6) is 0. The number of nitrogen functional groups attached to an aromatic ring is 1. The van der Waals surface area contributed by atoms with E-state index in [1.807, 2.05) is 74.5 Å². The van der Waals surface area contributed by atoms with Gasteiger partial charge < -0.3 is 15.3 Å². The largest absolute Gasteiger partial charge is 0.399 e. The summed E-state index contributed by atoms with van der Waals surface area (Å²) in [5, 5.41) is 7.26. The second-order valence-electron chi connectivity index (χ2n) is 5.62. The fraction of sp³-hybridized carbons (Fsp3) is 0.391. The molecule has 1 unspecified atom stereocenters. The number of hydrogen-bond donors (Lipinski definition) is 3. The van der Waals surface area contributed by atoms with Crippen LogP contribution in [-0.2, 0) is 20.9 Å². The number of hydroxylamine groups is 1. The van der Waals surface area contributed by atoms with Crippen LogP contribution in [0.1, 0.15) is 52.0 Å². The van der Waals surface area contributed by atoms with Crippen molar-refractivity contribution in [3.05, 3.63) is 66.2 Å². The molecule has 0 saturated heterocycles. The van der Waals surface area contributed by atoms with Crippen molar-refractivity contribution in [1.82, 2.24) is 5.48 Å². The van der Waals surface area contributed by atoms with Crippen molar-refractivity contribution in [3.63, 3.8) is 0 Å². The average Bonchev–Trinajstić information content (AvgIpc) is 2.79. The Bertz CT molecular complexity index is 580. The summed E-state index contributed by atoms with van der Waals surface area (Å²) in [6.07, 6.45) is 5.09. The van der Waals surface area contributed by atoms with Crippen molar-refractivity contribution in [2.75, 3.05) is 5.73 Å². The molecule has 6 heteroatoms. The smallest absolute Gasteiger partial charge is 0.230 e. The minimum absolute atomic E-state index is 0.181. The molecule has 0 fully saturated rings. The van der Waals surface area contributed by atoms with Crippen molar-refractivity contribution in [1.29, 1.82) is 0 Å². The lowest BCUT2D eigenvalue weighted by molar-refractivity contribution is -0.119. The van der Waals surface area contributed by atoms with E-state index in [9.17, 15) is 4.79 Å². The van der Waals surface area contributed by atoms with Crippen molar-refractivity contribution >= 4 is 18.4 Å². The second-order valence-corrected chi connectivity index (χ2v) is 5.62. The molecule has 162 valence electrons. The van der Waals surface area contributed by atoms with Crippen molar-refractivity contribution in [2.45, 2.75) is 59.2 Å². The Morgan fingerprint density at radius 2 is 1.52 bits per heavy atom. The molecule has 0 aliphatic carbocycles. The molecule has 2 aromatic rings. The van der Waals surface area contributed by atoms with Crippen LogP contribution in [-0.4, -0.2) is 24.0 Å². The van der Waals surface area contributed by atoms with Gasteiger partial charge in [-0.05, 0) is 24.1 Å². The summed E-state index contributed by atoms with van der Waals surface area (Å²) in [6.45, 7) is 6.68. The highest BCUT2D eigenvalue weighted by Crippen LogP contribution is 2.08. The predicted octanol–water partition coefficient (Wildman–Crippen LogP) is 4.77. The van der Waals surface area contributed by atoms with Gasteiger partial charge in [0.2, 0.25) is 6.41 Å². The summed E-state index contributed by atoms with van der Waals surface area (Å²) in [6, 6.07) is 19.4. The third-order valence-electron chi connectivity index (χ3n) is 3.40. The molecule has 0 aliphatic rings. The van der Waals surface area contributed by atoms with Gasteiger partial charge in [-0.25, -0.2) is 5.48 Å². The van der Waals surface area contributed by atoms with Gasteiger partial charge in [-0.3, -0.25) is 10.0 Å². The Hall–Kier alpha value is -2.70. The van der Waals surface area contributed by atoms with Crippen LogP contribution < -0.4 is 11.2 Å². The summed E-state index contributed by atoms with van der Waals surface area (Å²) >= 11 is 0. The van der Waals surface area contributed by atoms with Crippen molar-refractivity contribution in [2.24, 2.45) is 0 Å². The predicted molar refractivity (Wildman–Crippen MR) is 118 cm³/mol. The maximum atomic E-state index is 10.8. The number of ether oxygens (including phenoxy) is 1. The molecule has 4 N–H and O–H groups in total. The molecule has 1 atom stereocenters. The number of para-hydroxylation sites is 1. The van der Waals surface area contributed by atoms with Gasteiger partial charge >= 0.3 is 0 Å². The lowest BCUT2D eigenvalue weighted by Gasteiger charge is -2.11. The molecule has 2 aromatic carbocycles. The SMILES string of the molecule is CC.CCCCCC(C=O)OCc1ccccc1.Nc1ccccc1.O=CNO. The van der Waals surface area contributed by atoms with E-state index in [4.69, 9.17) is 20.5 Å². The first-order chi connectivity index (χ1) is 14.2. The minimum atomic E-state index is -0.244. The molecular weight excluding hydrogens is 368 g/mol. The minimum Gasteiger partial charge on any atom is -0.399 e. The highest BCUT2D eigenvalue weighted by Gasteiger charge is 2.06. The van der Waals surface area contributed by atoms with Crippen LogP contribution in [0.4, 0.5) is 5.69 Å². The maximum absolute atomic E-state index is 10.8. The van der Waals surface area contributed by atoms with Gasteiger partial charge in [0.05, 0.1) is 6.61 Å². The van der Waals surface area contributed by atoms with E-state index in [1.165, 1.54) is 18.3 Å². The Kier molecular flexibility index (Phi) is 22.9. The molecule has 0 heterocycles. The van der Waals surface area contributed by atoms with Crippen LogP contribution in [0.15, 0.2) is 60.7 Å². The van der Waals surface area contributed by atoms with Gasteiger partial charge in [-0.1, -0.05) is 88.6 Å². The van der Waals surface area contributed by atoms with Crippen molar-refractivity contribution < 1.29 is 19.5 Å². The van der Waals surface area contributed by atoms with Crippen LogP contribution in [0.5, 0.6) is 0 Å². The second kappa shape index (κ2) is 23.3. The quantitative estimate of drug-likeness (QED) is 0.184. The zero-order valence-corrected chi connectivity index (χ0v) is 17.8. The first-order valence-corrected chi connectivity index (χ1v) is 9.92. The molecule has 29 heavy (non-hydrogen) atoms. The highest BCUT2D eigenvalue weighted by atomic mass is 16.5. The van der Waals surface area contributed by atoms with Gasteiger partial charge in [-0.2, -0.15) is 0 Å². The van der Waals surface area contributed by atoms with Crippen LogP contribution >= 0.6 is 0 Å². The molecule has 1 amide bonds. The molecule has 2 rings (SSSR count). The third-order valence-corrected chi connectivity index (χ3v) is 3.40. The normalized spacial score (nSPS) is 9.79. The number of benzene rings is 2. The first-order valence-electron chi connectivity index (χ1n) is 9.92. The fourth-order valence-electron chi connectivity index (χ4n) is 2.02. The van der Waals surface area contributed by atoms with E-state index < -0.39 is 0 Å². The molecule has 0 saturated carbocycles. The average molecular weight is 405 g/mol. The lowest BCUT2D eigenvalue weighted by Crippen LogP contribution is -2.14.